The lowest BCUT2D eigenvalue weighted by Gasteiger charge is -2.11. The number of carbonyl (C=O) groups is 1. The smallest absolute Gasteiger partial charge is 0.373 e. The first-order valence-corrected chi connectivity index (χ1v) is 6.14. The first-order chi connectivity index (χ1) is 9.04. The lowest BCUT2D eigenvalue weighted by molar-refractivity contribution is 0.0558. The van der Waals surface area contributed by atoms with E-state index in [1.54, 1.807) is 6.07 Å². The van der Waals surface area contributed by atoms with Gasteiger partial charge in [-0.1, -0.05) is 22.0 Å². The fraction of sp³-hybridized carbons (Fsp3) is 0.154. The zero-order chi connectivity index (χ0) is 14.0. The number of hydrogen-bond acceptors (Lipinski definition) is 4. The second-order valence-electron chi connectivity index (χ2n) is 3.73. The third kappa shape index (κ3) is 2.69. The van der Waals surface area contributed by atoms with Gasteiger partial charge >= 0.3 is 5.97 Å². The number of halogens is 2. The monoisotopic (exact) mass is 328 g/mol. The zero-order valence-corrected chi connectivity index (χ0v) is 11.5. The molecule has 0 spiro atoms. The Hall–Kier alpha value is -1.66. The van der Waals surface area contributed by atoms with E-state index in [-0.39, 0.29) is 17.1 Å². The maximum absolute atomic E-state index is 13.7. The van der Waals surface area contributed by atoms with Gasteiger partial charge in [0.15, 0.2) is 0 Å². The molecule has 1 N–H and O–H groups in total. The van der Waals surface area contributed by atoms with E-state index in [2.05, 4.69) is 20.7 Å². The third-order valence-electron chi connectivity index (χ3n) is 2.56. The molecule has 0 saturated heterocycles. The molecule has 0 saturated carbocycles. The molecule has 1 atom stereocenters. The lowest BCUT2D eigenvalue weighted by atomic mass is 10.1. The minimum Gasteiger partial charge on any atom is -0.463 e. The molecule has 1 aromatic carbocycles. The summed E-state index contributed by atoms with van der Waals surface area (Å²) in [6.07, 6.45) is -1.31. The number of carbonyl (C=O) groups excluding carboxylic acids is 1. The van der Waals surface area contributed by atoms with E-state index < -0.39 is 17.9 Å². The maximum atomic E-state index is 13.7. The quantitative estimate of drug-likeness (QED) is 0.880. The van der Waals surface area contributed by atoms with Gasteiger partial charge < -0.3 is 14.3 Å². The average Bonchev–Trinajstić information content (AvgIpc) is 2.87. The molecule has 1 heterocycles. The molecule has 0 radical (unpaired) electrons. The van der Waals surface area contributed by atoms with Crippen LogP contribution in [0.4, 0.5) is 4.39 Å². The van der Waals surface area contributed by atoms with E-state index in [0.29, 0.717) is 4.47 Å². The summed E-state index contributed by atoms with van der Waals surface area (Å²) in [6, 6.07) is 7.10. The zero-order valence-electron chi connectivity index (χ0n) is 9.89. The summed E-state index contributed by atoms with van der Waals surface area (Å²) in [5.74, 6) is -1.22. The van der Waals surface area contributed by atoms with Crippen LogP contribution in [0.15, 0.2) is 39.2 Å². The summed E-state index contributed by atoms with van der Waals surface area (Å²) in [7, 11) is 1.22. The highest BCUT2D eigenvalue weighted by Gasteiger charge is 2.22. The van der Waals surface area contributed by atoms with Crippen LogP contribution in [-0.2, 0) is 4.74 Å². The highest BCUT2D eigenvalue weighted by molar-refractivity contribution is 9.10. The Kier molecular flexibility index (Phi) is 4.01. The van der Waals surface area contributed by atoms with Crippen LogP contribution >= 0.6 is 15.9 Å². The van der Waals surface area contributed by atoms with Crippen molar-refractivity contribution in [1.82, 2.24) is 0 Å². The number of ether oxygens (including phenoxy) is 1. The van der Waals surface area contributed by atoms with Gasteiger partial charge in [0, 0.05) is 10.0 Å². The van der Waals surface area contributed by atoms with Gasteiger partial charge in [-0.3, -0.25) is 0 Å². The van der Waals surface area contributed by atoms with Gasteiger partial charge in [-0.25, -0.2) is 9.18 Å². The summed E-state index contributed by atoms with van der Waals surface area (Å²) in [6.45, 7) is 0. The van der Waals surface area contributed by atoms with Crippen molar-refractivity contribution in [1.29, 1.82) is 0 Å². The largest absolute Gasteiger partial charge is 0.463 e. The van der Waals surface area contributed by atoms with Gasteiger partial charge in [0.2, 0.25) is 5.76 Å². The molecule has 6 heteroatoms. The first kappa shape index (κ1) is 13.8. The normalized spacial score (nSPS) is 12.2. The van der Waals surface area contributed by atoms with Crippen LogP contribution in [0.1, 0.15) is 28.0 Å². The molecule has 1 aromatic heterocycles. The standard InChI is InChI=1S/C13H10BrFO4/c1-18-13(17)10-6-5-9(19-10)12(16)11-7(14)3-2-4-8(11)15/h2-6,12,16H,1H3. The minimum atomic E-state index is -1.31. The van der Waals surface area contributed by atoms with Crippen LogP contribution in [0.2, 0.25) is 0 Å². The van der Waals surface area contributed by atoms with Crippen LogP contribution in [0.3, 0.4) is 0 Å². The molecule has 0 fully saturated rings. The highest BCUT2D eigenvalue weighted by Crippen LogP contribution is 2.31. The lowest BCUT2D eigenvalue weighted by Crippen LogP contribution is -2.03. The van der Waals surface area contributed by atoms with Crippen molar-refractivity contribution in [2.75, 3.05) is 7.11 Å². The predicted octanol–water partition coefficient (Wildman–Crippen LogP) is 3.05. The van der Waals surface area contributed by atoms with Crippen molar-refractivity contribution in [2.45, 2.75) is 6.10 Å². The molecule has 0 bridgehead atoms. The molecule has 100 valence electrons. The molecule has 2 aromatic rings. The molecule has 19 heavy (non-hydrogen) atoms. The second kappa shape index (κ2) is 5.54. The summed E-state index contributed by atoms with van der Waals surface area (Å²) in [5.41, 5.74) is 0.0493. The molecule has 0 aliphatic heterocycles. The van der Waals surface area contributed by atoms with Crippen LogP contribution in [0.25, 0.3) is 0 Å². The molecule has 0 aliphatic rings. The molecule has 4 nitrogen and oxygen atoms in total. The van der Waals surface area contributed by atoms with Crippen LogP contribution in [0.5, 0.6) is 0 Å². The van der Waals surface area contributed by atoms with Crippen LogP contribution < -0.4 is 0 Å². The molecule has 1 unspecified atom stereocenters. The Morgan fingerprint density at radius 2 is 2.16 bits per heavy atom. The van der Waals surface area contributed by atoms with Gasteiger partial charge in [0.05, 0.1) is 7.11 Å². The van der Waals surface area contributed by atoms with Crippen molar-refractivity contribution >= 4 is 21.9 Å². The number of benzene rings is 1. The van der Waals surface area contributed by atoms with Gasteiger partial charge in [0.1, 0.15) is 17.7 Å². The predicted molar refractivity (Wildman–Crippen MR) is 68.2 cm³/mol. The van der Waals surface area contributed by atoms with Crippen molar-refractivity contribution < 1.29 is 23.4 Å². The van der Waals surface area contributed by atoms with Gasteiger partial charge in [-0.2, -0.15) is 0 Å². The average molecular weight is 329 g/mol. The van der Waals surface area contributed by atoms with Gasteiger partial charge in [-0.15, -0.1) is 0 Å². The van der Waals surface area contributed by atoms with E-state index in [0.717, 1.165) is 0 Å². The van der Waals surface area contributed by atoms with Crippen molar-refractivity contribution in [2.24, 2.45) is 0 Å². The number of methoxy groups -OCH3 is 1. The number of furan rings is 1. The number of esters is 1. The summed E-state index contributed by atoms with van der Waals surface area (Å²) in [4.78, 5) is 11.2. The Morgan fingerprint density at radius 3 is 2.79 bits per heavy atom. The Labute approximate surface area is 116 Å². The number of aliphatic hydroxyl groups is 1. The molecule has 0 amide bonds. The molecular formula is C13H10BrFO4. The van der Waals surface area contributed by atoms with E-state index in [4.69, 9.17) is 4.42 Å². The number of rotatable bonds is 3. The number of hydrogen-bond donors (Lipinski definition) is 1. The summed E-state index contributed by atoms with van der Waals surface area (Å²) >= 11 is 3.16. The van der Waals surface area contributed by atoms with E-state index in [9.17, 15) is 14.3 Å². The Bertz CT molecular complexity index is 588. The molecule has 0 aliphatic carbocycles. The van der Waals surface area contributed by atoms with E-state index in [1.807, 2.05) is 0 Å². The fourth-order valence-electron chi connectivity index (χ4n) is 1.62. The van der Waals surface area contributed by atoms with Gasteiger partial charge in [0.25, 0.3) is 0 Å². The van der Waals surface area contributed by atoms with Crippen molar-refractivity contribution in [3.8, 4) is 0 Å². The van der Waals surface area contributed by atoms with E-state index >= 15 is 0 Å². The van der Waals surface area contributed by atoms with Crippen LogP contribution in [-0.4, -0.2) is 18.2 Å². The third-order valence-corrected chi connectivity index (χ3v) is 3.25. The Balaban J connectivity index is 2.36. The second-order valence-corrected chi connectivity index (χ2v) is 4.59. The SMILES string of the molecule is COC(=O)c1ccc(C(O)c2c(F)cccc2Br)o1. The first-order valence-electron chi connectivity index (χ1n) is 5.34. The Morgan fingerprint density at radius 1 is 1.42 bits per heavy atom. The molecular weight excluding hydrogens is 319 g/mol. The van der Waals surface area contributed by atoms with Crippen molar-refractivity contribution in [3.63, 3.8) is 0 Å². The molecule has 2 rings (SSSR count). The maximum Gasteiger partial charge on any atom is 0.373 e. The minimum absolute atomic E-state index is 0.0493. The fourth-order valence-corrected chi connectivity index (χ4v) is 2.18. The van der Waals surface area contributed by atoms with Crippen LogP contribution in [0, 0.1) is 5.82 Å². The highest BCUT2D eigenvalue weighted by atomic mass is 79.9. The van der Waals surface area contributed by atoms with Gasteiger partial charge in [-0.05, 0) is 24.3 Å². The number of aliphatic hydroxyl groups excluding tert-OH is 1. The summed E-state index contributed by atoms with van der Waals surface area (Å²) < 4.78 is 23.7. The topological polar surface area (TPSA) is 59.7 Å². The van der Waals surface area contributed by atoms with E-state index in [1.165, 1.54) is 31.4 Å². The summed E-state index contributed by atoms with van der Waals surface area (Å²) in [5, 5.41) is 10.1. The van der Waals surface area contributed by atoms with Crippen molar-refractivity contribution in [3.05, 3.63) is 57.7 Å².